The van der Waals surface area contributed by atoms with Crippen molar-refractivity contribution in [3.63, 3.8) is 0 Å². The Balaban J connectivity index is 2.02. The molecule has 1 aliphatic heterocycles. The second-order valence-corrected chi connectivity index (χ2v) is 7.29. The number of fused-ring (bicyclic) bond motifs is 3. The number of hydrogen-bond acceptors (Lipinski definition) is 3. The molecule has 0 spiro atoms. The summed E-state index contributed by atoms with van der Waals surface area (Å²) in [5, 5.41) is 2.31. The van der Waals surface area contributed by atoms with Crippen molar-refractivity contribution in [3.05, 3.63) is 71.3 Å². The van der Waals surface area contributed by atoms with E-state index in [0.717, 1.165) is 22.3 Å². The highest BCUT2D eigenvalue weighted by molar-refractivity contribution is 7.99. The molecule has 0 radical (unpaired) electrons. The molecular formula is C21H19NO2S. The Bertz CT molecular complexity index is 1000. The lowest BCUT2D eigenvalue weighted by Gasteiger charge is -2.27. The van der Waals surface area contributed by atoms with Crippen LogP contribution in [0, 0.1) is 0 Å². The van der Waals surface area contributed by atoms with E-state index in [1.807, 2.05) is 37.3 Å². The standard InChI is InChI=1S/C21H19NO2S/c1-13-17-15-11-7-8-12-16(15)22(2)20(17)25-19(18(13)21(23)24-3)14-9-5-4-6-10-14/h4-12,19H,1-3H3. The highest BCUT2D eigenvalue weighted by Crippen LogP contribution is 2.52. The molecule has 2 aromatic carbocycles. The quantitative estimate of drug-likeness (QED) is 0.612. The largest absolute Gasteiger partial charge is 0.466 e. The number of thioether (sulfide) groups is 1. The normalized spacial score (nSPS) is 16.8. The van der Waals surface area contributed by atoms with Crippen LogP contribution >= 0.6 is 11.8 Å². The molecular weight excluding hydrogens is 330 g/mol. The Morgan fingerprint density at radius 1 is 1.08 bits per heavy atom. The van der Waals surface area contributed by atoms with Crippen LogP contribution in [0.3, 0.4) is 0 Å². The molecule has 0 aliphatic carbocycles. The molecule has 126 valence electrons. The molecule has 0 saturated heterocycles. The van der Waals surface area contributed by atoms with Crippen molar-refractivity contribution >= 4 is 34.2 Å². The minimum Gasteiger partial charge on any atom is -0.466 e. The SMILES string of the molecule is COC(=O)C1=C(C)c2c(n(C)c3ccccc23)SC1c1ccccc1. The van der Waals surface area contributed by atoms with E-state index in [9.17, 15) is 4.79 Å². The first-order chi connectivity index (χ1) is 12.1. The lowest BCUT2D eigenvalue weighted by molar-refractivity contribution is -0.136. The van der Waals surface area contributed by atoms with Crippen LogP contribution < -0.4 is 0 Å². The summed E-state index contributed by atoms with van der Waals surface area (Å²) in [5.41, 5.74) is 5.19. The predicted octanol–water partition coefficient (Wildman–Crippen LogP) is 4.97. The van der Waals surface area contributed by atoms with Crippen LogP contribution in [0.1, 0.15) is 23.3 Å². The molecule has 0 bridgehead atoms. The zero-order chi connectivity index (χ0) is 17.6. The average molecular weight is 349 g/mol. The van der Waals surface area contributed by atoms with E-state index in [1.54, 1.807) is 11.8 Å². The summed E-state index contributed by atoms with van der Waals surface area (Å²) in [6, 6.07) is 18.5. The number of allylic oxidation sites excluding steroid dienone is 1. The second-order valence-electron chi connectivity index (χ2n) is 6.20. The summed E-state index contributed by atoms with van der Waals surface area (Å²) in [6.45, 7) is 2.03. The Morgan fingerprint density at radius 3 is 2.48 bits per heavy atom. The first-order valence-corrected chi connectivity index (χ1v) is 9.10. The van der Waals surface area contributed by atoms with Crippen molar-refractivity contribution in [3.8, 4) is 0 Å². The topological polar surface area (TPSA) is 31.2 Å². The van der Waals surface area contributed by atoms with Gasteiger partial charge in [0.2, 0.25) is 0 Å². The third kappa shape index (κ3) is 2.40. The molecule has 0 amide bonds. The van der Waals surface area contributed by atoms with Gasteiger partial charge in [0.25, 0.3) is 0 Å². The minimum absolute atomic E-state index is 0.0656. The number of hydrogen-bond donors (Lipinski definition) is 0. The van der Waals surface area contributed by atoms with Gasteiger partial charge < -0.3 is 9.30 Å². The number of rotatable bonds is 2. The average Bonchev–Trinajstić information content (AvgIpc) is 2.95. The van der Waals surface area contributed by atoms with Crippen LogP contribution in [0.5, 0.6) is 0 Å². The van der Waals surface area contributed by atoms with Gasteiger partial charge in [0, 0.05) is 23.5 Å². The number of esters is 1. The summed E-state index contributed by atoms with van der Waals surface area (Å²) in [7, 11) is 3.54. The van der Waals surface area contributed by atoms with E-state index < -0.39 is 0 Å². The third-order valence-electron chi connectivity index (χ3n) is 4.83. The van der Waals surface area contributed by atoms with Gasteiger partial charge in [-0.25, -0.2) is 4.79 Å². The van der Waals surface area contributed by atoms with Gasteiger partial charge in [-0.1, -0.05) is 60.3 Å². The van der Waals surface area contributed by atoms with Crippen molar-refractivity contribution in [1.29, 1.82) is 0 Å². The van der Waals surface area contributed by atoms with Gasteiger partial charge in [0.15, 0.2) is 0 Å². The highest BCUT2D eigenvalue weighted by Gasteiger charge is 2.35. The van der Waals surface area contributed by atoms with Crippen LogP contribution in [0.15, 0.2) is 65.2 Å². The monoisotopic (exact) mass is 349 g/mol. The number of methoxy groups -OCH3 is 1. The highest BCUT2D eigenvalue weighted by atomic mass is 32.2. The van der Waals surface area contributed by atoms with E-state index in [2.05, 4.69) is 35.9 Å². The van der Waals surface area contributed by atoms with Crippen molar-refractivity contribution in [2.75, 3.05) is 7.11 Å². The maximum absolute atomic E-state index is 12.6. The summed E-state index contributed by atoms with van der Waals surface area (Å²) in [4.78, 5) is 12.6. The van der Waals surface area contributed by atoms with Gasteiger partial charge in [0.05, 0.1) is 23.0 Å². The number of aryl methyl sites for hydroxylation is 1. The van der Waals surface area contributed by atoms with Crippen LogP contribution in [0.25, 0.3) is 16.5 Å². The Morgan fingerprint density at radius 2 is 1.76 bits per heavy atom. The Kier molecular flexibility index (Phi) is 3.92. The minimum atomic E-state index is -0.252. The molecule has 3 nitrogen and oxygen atoms in total. The number of carbonyl (C=O) groups is 1. The van der Waals surface area contributed by atoms with Gasteiger partial charge in [-0.3, -0.25) is 0 Å². The molecule has 25 heavy (non-hydrogen) atoms. The zero-order valence-electron chi connectivity index (χ0n) is 14.4. The fourth-order valence-electron chi connectivity index (χ4n) is 3.60. The maximum atomic E-state index is 12.6. The summed E-state index contributed by atoms with van der Waals surface area (Å²) in [6.07, 6.45) is 0. The fourth-order valence-corrected chi connectivity index (χ4v) is 5.15. The Hall–Kier alpha value is -2.46. The lowest BCUT2D eigenvalue weighted by atomic mass is 9.94. The summed E-state index contributed by atoms with van der Waals surface area (Å²) in [5.74, 6) is -0.252. The first kappa shape index (κ1) is 16.0. The van der Waals surface area contributed by atoms with Crippen LogP contribution in [0.4, 0.5) is 0 Å². The van der Waals surface area contributed by atoms with Gasteiger partial charge in [0.1, 0.15) is 0 Å². The molecule has 1 atom stereocenters. The molecule has 0 saturated carbocycles. The van der Waals surface area contributed by atoms with Gasteiger partial charge in [-0.05, 0) is 24.1 Å². The number of nitrogens with zero attached hydrogens (tertiary/aromatic N) is 1. The van der Waals surface area contributed by atoms with Crippen molar-refractivity contribution in [1.82, 2.24) is 4.57 Å². The molecule has 1 aromatic heterocycles. The van der Waals surface area contributed by atoms with Crippen LogP contribution in [-0.4, -0.2) is 17.6 Å². The molecule has 0 N–H and O–H groups in total. The van der Waals surface area contributed by atoms with Gasteiger partial charge >= 0.3 is 5.97 Å². The van der Waals surface area contributed by atoms with E-state index in [1.165, 1.54) is 23.0 Å². The maximum Gasteiger partial charge on any atom is 0.335 e. The van der Waals surface area contributed by atoms with Crippen molar-refractivity contribution < 1.29 is 9.53 Å². The second kappa shape index (κ2) is 6.12. The molecule has 1 aliphatic rings. The predicted molar refractivity (Wildman–Crippen MR) is 103 cm³/mol. The lowest BCUT2D eigenvalue weighted by Crippen LogP contribution is -2.16. The van der Waals surface area contributed by atoms with Gasteiger partial charge in [-0.15, -0.1) is 0 Å². The first-order valence-electron chi connectivity index (χ1n) is 8.22. The molecule has 1 unspecified atom stereocenters. The van der Waals surface area contributed by atoms with E-state index in [-0.39, 0.29) is 11.2 Å². The molecule has 4 rings (SSSR count). The molecule has 4 heteroatoms. The van der Waals surface area contributed by atoms with Crippen molar-refractivity contribution in [2.24, 2.45) is 7.05 Å². The smallest absolute Gasteiger partial charge is 0.335 e. The summed E-state index contributed by atoms with van der Waals surface area (Å²) >= 11 is 1.72. The van der Waals surface area contributed by atoms with E-state index in [0.29, 0.717) is 0 Å². The number of aromatic nitrogens is 1. The number of para-hydroxylation sites is 1. The Labute approximate surface area is 151 Å². The third-order valence-corrected chi connectivity index (χ3v) is 6.28. The van der Waals surface area contributed by atoms with E-state index >= 15 is 0 Å². The summed E-state index contributed by atoms with van der Waals surface area (Å²) < 4.78 is 7.35. The zero-order valence-corrected chi connectivity index (χ0v) is 15.3. The molecule has 2 heterocycles. The molecule has 3 aromatic rings. The van der Waals surface area contributed by atoms with Crippen molar-refractivity contribution in [2.45, 2.75) is 17.2 Å². The fraction of sp³-hybridized carbons (Fsp3) is 0.190. The molecule has 0 fully saturated rings. The van der Waals surface area contributed by atoms with Crippen LogP contribution in [0.2, 0.25) is 0 Å². The number of ether oxygens (including phenoxy) is 1. The van der Waals surface area contributed by atoms with E-state index in [4.69, 9.17) is 4.74 Å². The van der Waals surface area contributed by atoms with Gasteiger partial charge in [-0.2, -0.15) is 0 Å². The number of benzene rings is 2. The number of carbonyl (C=O) groups excluding carboxylic acids is 1. The van der Waals surface area contributed by atoms with Crippen LogP contribution in [-0.2, 0) is 16.6 Å².